The maximum atomic E-state index is 11.9. The van der Waals surface area contributed by atoms with Gasteiger partial charge in [-0.25, -0.2) is 21.6 Å². The van der Waals surface area contributed by atoms with Crippen LogP contribution in [-0.2, 0) is 24.8 Å². The van der Waals surface area contributed by atoms with E-state index in [2.05, 4.69) is 9.44 Å². The SMILES string of the molecule is Cc1cccc(O[C@@H]2O[C@H](CO)[C@H](O)[C@H](O)[C@H]2NS(C)(=O)=O)c1-c1cccc(NS(C)(=O)=O)c1. The molecule has 1 saturated heterocycles. The lowest BCUT2D eigenvalue weighted by Crippen LogP contribution is -2.65. The van der Waals surface area contributed by atoms with Gasteiger partial charge in [-0.15, -0.1) is 0 Å². The van der Waals surface area contributed by atoms with E-state index in [-0.39, 0.29) is 5.75 Å². The summed E-state index contributed by atoms with van der Waals surface area (Å²) in [4.78, 5) is 0. The number of sulfonamides is 2. The fourth-order valence-corrected chi connectivity index (χ4v) is 5.04. The van der Waals surface area contributed by atoms with Gasteiger partial charge < -0.3 is 24.8 Å². The van der Waals surface area contributed by atoms with Gasteiger partial charge in [0.05, 0.1) is 19.1 Å². The summed E-state index contributed by atoms with van der Waals surface area (Å²) in [5.41, 5.74) is 2.27. The molecule has 5 atom stereocenters. The molecule has 1 fully saturated rings. The second kappa shape index (κ2) is 10.2. The fraction of sp³-hybridized carbons (Fsp3) is 0.429. The van der Waals surface area contributed by atoms with Crippen LogP contribution in [0.15, 0.2) is 42.5 Å². The highest BCUT2D eigenvalue weighted by atomic mass is 32.2. The Hall–Kier alpha value is -2.26. The number of ether oxygens (including phenoxy) is 2. The van der Waals surface area contributed by atoms with Crippen molar-refractivity contribution >= 4 is 25.7 Å². The molecular weight excluding hydrogens is 488 g/mol. The number of rotatable bonds is 8. The van der Waals surface area contributed by atoms with Crippen LogP contribution in [0.4, 0.5) is 5.69 Å². The van der Waals surface area contributed by atoms with Gasteiger partial charge in [-0.05, 0) is 36.2 Å². The first-order valence-electron chi connectivity index (χ1n) is 10.2. The van der Waals surface area contributed by atoms with Crippen LogP contribution in [0.3, 0.4) is 0 Å². The molecule has 0 saturated carbocycles. The van der Waals surface area contributed by atoms with Crippen molar-refractivity contribution in [3.63, 3.8) is 0 Å². The van der Waals surface area contributed by atoms with Gasteiger partial charge in [0.25, 0.3) is 0 Å². The van der Waals surface area contributed by atoms with Crippen LogP contribution in [0.5, 0.6) is 5.75 Å². The Kier molecular flexibility index (Phi) is 7.87. The highest BCUT2D eigenvalue weighted by molar-refractivity contribution is 7.92. The third-order valence-corrected chi connectivity index (χ3v) is 6.47. The quantitative estimate of drug-likeness (QED) is 0.318. The maximum absolute atomic E-state index is 11.9. The molecule has 1 aliphatic rings. The zero-order valence-corrected chi connectivity index (χ0v) is 20.4. The Morgan fingerprint density at radius 2 is 1.68 bits per heavy atom. The molecular formula is C21H28N2O9S2. The lowest BCUT2D eigenvalue weighted by Gasteiger charge is -2.42. The zero-order chi connectivity index (χ0) is 25.3. The third-order valence-electron chi connectivity index (χ3n) is 5.16. The van der Waals surface area contributed by atoms with Crippen LogP contribution in [0.1, 0.15) is 5.56 Å². The van der Waals surface area contributed by atoms with Gasteiger partial charge in [-0.1, -0.05) is 24.3 Å². The molecule has 2 aromatic carbocycles. The summed E-state index contributed by atoms with van der Waals surface area (Å²) >= 11 is 0. The van der Waals surface area contributed by atoms with Crippen molar-refractivity contribution in [1.82, 2.24) is 4.72 Å². The minimum atomic E-state index is -3.83. The van der Waals surface area contributed by atoms with Crippen molar-refractivity contribution in [2.45, 2.75) is 37.6 Å². The molecule has 0 spiro atoms. The smallest absolute Gasteiger partial charge is 0.229 e. The van der Waals surface area contributed by atoms with Gasteiger partial charge >= 0.3 is 0 Å². The molecule has 1 heterocycles. The van der Waals surface area contributed by atoms with E-state index in [1.807, 2.05) is 13.0 Å². The van der Waals surface area contributed by atoms with E-state index in [0.717, 1.165) is 18.1 Å². The first-order chi connectivity index (χ1) is 15.8. The number of hydrogen-bond acceptors (Lipinski definition) is 9. The van der Waals surface area contributed by atoms with Crippen LogP contribution in [-0.4, -0.2) is 81.9 Å². The number of benzene rings is 2. The van der Waals surface area contributed by atoms with E-state index in [1.165, 1.54) is 0 Å². The highest BCUT2D eigenvalue weighted by Crippen LogP contribution is 2.36. The first kappa shape index (κ1) is 26.3. The van der Waals surface area contributed by atoms with Gasteiger partial charge in [0, 0.05) is 11.3 Å². The molecule has 0 amide bonds. The number of anilines is 1. The van der Waals surface area contributed by atoms with Crippen molar-refractivity contribution in [1.29, 1.82) is 0 Å². The lowest BCUT2D eigenvalue weighted by molar-refractivity contribution is -0.241. The predicted octanol–water partition coefficient (Wildman–Crippen LogP) is -0.231. The average molecular weight is 517 g/mol. The molecule has 0 unspecified atom stereocenters. The van der Waals surface area contributed by atoms with Crippen molar-refractivity contribution in [3.8, 4) is 16.9 Å². The van der Waals surface area contributed by atoms with Crippen molar-refractivity contribution < 1.29 is 41.6 Å². The molecule has 5 N–H and O–H groups in total. The molecule has 11 nitrogen and oxygen atoms in total. The molecule has 3 rings (SSSR count). The van der Waals surface area contributed by atoms with Crippen LogP contribution < -0.4 is 14.2 Å². The Bertz CT molecular complexity index is 1230. The minimum absolute atomic E-state index is 0.252. The van der Waals surface area contributed by atoms with Crippen LogP contribution in [0.2, 0.25) is 0 Å². The molecule has 1 aliphatic heterocycles. The third kappa shape index (κ3) is 6.44. The number of nitrogens with one attached hydrogen (secondary N) is 2. The van der Waals surface area contributed by atoms with Gasteiger partial charge in [-0.3, -0.25) is 4.72 Å². The summed E-state index contributed by atoms with van der Waals surface area (Å²) in [5, 5.41) is 30.3. The van der Waals surface area contributed by atoms with Crippen LogP contribution in [0, 0.1) is 6.92 Å². The van der Waals surface area contributed by atoms with Gasteiger partial charge in [0.1, 0.15) is 30.1 Å². The Morgan fingerprint density at radius 1 is 1.00 bits per heavy atom. The van der Waals surface area contributed by atoms with Gasteiger partial charge in [0.2, 0.25) is 26.3 Å². The summed E-state index contributed by atoms with van der Waals surface area (Å²) in [6.07, 6.45) is -3.87. The monoisotopic (exact) mass is 516 g/mol. The predicted molar refractivity (Wildman–Crippen MR) is 125 cm³/mol. The topological polar surface area (TPSA) is 171 Å². The number of aliphatic hydroxyl groups excluding tert-OH is 3. The Labute approximate surface area is 198 Å². The first-order valence-corrected chi connectivity index (χ1v) is 14.0. The van der Waals surface area contributed by atoms with Crippen molar-refractivity contribution in [2.75, 3.05) is 23.8 Å². The van der Waals surface area contributed by atoms with E-state index in [4.69, 9.17) is 9.47 Å². The molecule has 188 valence electrons. The Morgan fingerprint density at radius 3 is 2.29 bits per heavy atom. The van der Waals surface area contributed by atoms with Gasteiger partial charge in [-0.2, -0.15) is 0 Å². The van der Waals surface area contributed by atoms with E-state index in [0.29, 0.717) is 16.8 Å². The Balaban J connectivity index is 2.02. The summed E-state index contributed by atoms with van der Waals surface area (Å²) in [6, 6.07) is 10.3. The molecule has 0 radical (unpaired) electrons. The lowest BCUT2D eigenvalue weighted by atomic mass is 9.97. The van der Waals surface area contributed by atoms with Gasteiger partial charge in [0.15, 0.2) is 0 Å². The second-order valence-corrected chi connectivity index (χ2v) is 11.7. The zero-order valence-electron chi connectivity index (χ0n) is 18.7. The molecule has 0 bridgehead atoms. The minimum Gasteiger partial charge on any atom is -0.462 e. The summed E-state index contributed by atoms with van der Waals surface area (Å²) in [6.45, 7) is 1.17. The largest absolute Gasteiger partial charge is 0.462 e. The van der Waals surface area contributed by atoms with Crippen molar-refractivity contribution in [3.05, 3.63) is 48.0 Å². The summed E-state index contributed by atoms with van der Waals surface area (Å²) in [7, 11) is -7.34. The van der Waals surface area contributed by atoms with Crippen molar-refractivity contribution in [2.24, 2.45) is 0 Å². The number of aliphatic hydroxyl groups is 3. The molecule has 13 heteroatoms. The standard InChI is InChI=1S/C21H28N2O9S2/c1-12-6-4-9-15(17(12)13-7-5-8-14(10-13)22-33(2,27)28)31-21-18(23-34(3,29)30)20(26)19(25)16(11-24)32-21/h4-10,16,18-26H,11H2,1-3H3/t16-,18-,19+,20-,21-/m1/s1. The summed E-state index contributed by atoms with van der Waals surface area (Å²) < 4.78 is 63.3. The highest BCUT2D eigenvalue weighted by Gasteiger charge is 2.47. The number of aryl methyl sites for hydroxylation is 1. The van der Waals surface area contributed by atoms with Crippen LogP contribution >= 0.6 is 0 Å². The maximum Gasteiger partial charge on any atom is 0.229 e. The molecule has 34 heavy (non-hydrogen) atoms. The van der Waals surface area contributed by atoms with E-state index < -0.39 is 57.3 Å². The summed E-state index contributed by atoms with van der Waals surface area (Å²) in [5.74, 6) is 0.252. The second-order valence-electron chi connectivity index (χ2n) is 8.14. The van der Waals surface area contributed by atoms with E-state index in [9.17, 15) is 32.2 Å². The number of hydrogen-bond donors (Lipinski definition) is 5. The molecule has 2 aromatic rings. The fourth-order valence-electron chi connectivity index (χ4n) is 3.74. The van der Waals surface area contributed by atoms with Crippen LogP contribution in [0.25, 0.3) is 11.1 Å². The van der Waals surface area contributed by atoms with E-state index in [1.54, 1.807) is 36.4 Å². The average Bonchev–Trinajstić information content (AvgIpc) is 2.71. The normalized spacial score (nSPS) is 25.6. The molecule has 0 aliphatic carbocycles. The van der Waals surface area contributed by atoms with E-state index >= 15 is 0 Å². The molecule has 0 aromatic heterocycles.